The lowest BCUT2D eigenvalue weighted by molar-refractivity contribution is -0.108. The second-order valence-electron chi connectivity index (χ2n) is 3.94. The highest BCUT2D eigenvalue weighted by atomic mass is 19.3. The number of alkyl halides is 2. The Balaban J connectivity index is 3.31. The third kappa shape index (κ3) is 2.97. The molecule has 0 heterocycles. The van der Waals surface area contributed by atoms with Crippen LogP contribution in [0.3, 0.4) is 0 Å². The minimum absolute atomic E-state index is 0.0869. The Labute approximate surface area is 105 Å². The van der Waals surface area contributed by atoms with E-state index in [1.165, 1.54) is 26.4 Å². The van der Waals surface area contributed by atoms with E-state index in [2.05, 4.69) is 0 Å². The number of aldehydes is 1. The fourth-order valence-corrected chi connectivity index (χ4v) is 1.78. The molecule has 0 radical (unpaired) electrons. The van der Waals surface area contributed by atoms with Crippen LogP contribution in [0.5, 0.6) is 11.5 Å². The van der Waals surface area contributed by atoms with Crippen LogP contribution in [-0.2, 0) is 4.79 Å². The highest BCUT2D eigenvalue weighted by Gasteiger charge is 2.20. The van der Waals surface area contributed by atoms with E-state index < -0.39 is 6.43 Å². The molecule has 1 atom stereocenters. The van der Waals surface area contributed by atoms with Gasteiger partial charge in [-0.25, -0.2) is 8.78 Å². The van der Waals surface area contributed by atoms with Gasteiger partial charge in [0, 0.05) is 12.5 Å². The highest BCUT2D eigenvalue weighted by Crippen LogP contribution is 2.38. The van der Waals surface area contributed by atoms with Crippen molar-refractivity contribution in [1.29, 1.82) is 0 Å². The molecule has 0 aliphatic carbocycles. The minimum Gasteiger partial charge on any atom is -0.496 e. The highest BCUT2D eigenvalue weighted by molar-refractivity contribution is 5.54. The van der Waals surface area contributed by atoms with E-state index in [0.717, 1.165) is 6.29 Å². The Bertz CT molecular complexity index is 419. The van der Waals surface area contributed by atoms with Crippen molar-refractivity contribution in [3.63, 3.8) is 0 Å². The first-order valence-corrected chi connectivity index (χ1v) is 5.52. The van der Waals surface area contributed by atoms with Crippen molar-refractivity contribution >= 4 is 6.29 Å². The van der Waals surface area contributed by atoms with Gasteiger partial charge >= 0.3 is 0 Å². The standard InChI is InChI=1S/C13H16F2O3/c1-8(4-5-16)9-6-10(13(14)15)12(18-3)7-11(9)17-2/h5-8,13H,4H2,1-3H3. The number of benzene rings is 1. The van der Waals surface area contributed by atoms with E-state index in [1.807, 2.05) is 0 Å². The summed E-state index contributed by atoms with van der Waals surface area (Å²) in [7, 11) is 2.78. The molecule has 0 aromatic heterocycles. The summed E-state index contributed by atoms with van der Waals surface area (Å²) in [5, 5.41) is 0. The normalized spacial score (nSPS) is 12.3. The number of methoxy groups -OCH3 is 2. The predicted octanol–water partition coefficient (Wildman–Crippen LogP) is 3.33. The summed E-state index contributed by atoms with van der Waals surface area (Å²) in [6, 6.07) is 2.77. The molecule has 0 aliphatic heterocycles. The van der Waals surface area contributed by atoms with Crippen LogP contribution in [0.25, 0.3) is 0 Å². The van der Waals surface area contributed by atoms with Crippen molar-refractivity contribution < 1.29 is 23.0 Å². The monoisotopic (exact) mass is 258 g/mol. The third-order valence-electron chi connectivity index (χ3n) is 2.80. The largest absolute Gasteiger partial charge is 0.496 e. The summed E-state index contributed by atoms with van der Waals surface area (Å²) in [6.45, 7) is 1.79. The first kappa shape index (κ1) is 14.4. The Kier molecular flexibility index (Phi) is 5.07. The third-order valence-corrected chi connectivity index (χ3v) is 2.80. The minimum atomic E-state index is -2.63. The molecule has 0 saturated carbocycles. The zero-order valence-corrected chi connectivity index (χ0v) is 10.6. The number of hydrogen-bond acceptors (Lipinski definition) is 3. The Morgan fingerprint density at radius 3 is 2.17 bits per heavy atom. The average Bonchev–Trinajstić information content (AvgIpc) is 2.37. The Morgan fingerprint density at radius 1 is 1.17 bits per heavy atom. The van der Waals surface area contributed by atoms with Crippen molar-refractivity contribution in [2.75, 3.05) is 14.2 Å². The number of carbonyl (C=O) groups excluding carboxylic acids is 1. The molecule has 1 aromatic rings. The van der Waals surface area contributed by atoms with Gasteiger partial charge in [-0.05, 0) is 17.5 Å². The fraction of sp³-hybridized carbons (Fsp3) is 0.462. The maximum atomic E-state index is 12.9. The lowest BCUT2D eigenvalue weighted by atomic mass is 9.95. The van der Waals surface area contributed by atoms with Gasteiger partial charge in [-0.15, -0.1) is 0 Å². The maximum absolute atomic E-state index is 12.9. The maximum Gasteiger partial charge on any atom is 0.267 e. The summed E-state index contributed by atoms with van der Waals surface area (Å²) in [6.07, 6.45) is -1.62. The van der Waals surface area contributed by atoms with E-state index in [1.54, 1.807) is 6.92 Å². The van der Waals surface area contributed by atoms with Crippen molar-refractivity contribution in [3.05, 3.63) is 23.3 Å². The number of ether oxygens (including phenoxy) is 2. The van der Waals surface area contributed by atoms with Crippen LogP contribution in [0, 0.1) is 0 Å². The number of carbonyl (C=O) groups is 1. The molecule has 0 bridgehead atoms. The smallest absolute Gasteiger partial charge is 0.267 e. The second-order valence-corrected chi connectivity index (χ2v) is 3.94. The number of hydrogen-bond donors (Lipinski definition) is 0. The molecule has 0 saturated heterocycles. The van der Waals surface area contributed by atoms with Crippen molar-refractivity contribution in [2.45, 2.75) is 25.7 Å². The quantitative estimate of drug-likeness (QED) is 0.734. The summed E-state index contributed by atoms with van der Waals surface area (Å²) in [5.74, 6) is 0.357. The summed E-state index contributed by atoms with van der Waals surface area (Å²) >= 11 is 0. The van der Waals surface area contributed by atoms with Crippen LogP contribution in [0.4, 0.5) is 8.78 Å². The lowest BCUT2D eigenvalue weighted by Gasteiger charge is -2.17. The van der Waals surface area contributed by atoms with Gasteiger partial charge in [0.2, 0.25) is 0 Å². The molecule has 0 aliphatic rings. The average molecular weight is 258 g/mol. The number of halogens is 2. The molecule has 3 nitrogen and oxygen atoms in total. The van der Waals surface area contributed by atoms with Gasteiger partial charge in [-0.1, -0.05) is 6.92 Å². The van der Waals surface area contributed by atoms with Gasteiger partial charge in [0.25, 0.3) is 6.43 Å². The van der Waals surface area contributed by atoms with E-state index in [9.17, 15) is 13.6 Å². The van der Waals surface area contributed by atoms with Crippen molar-refractivity contribution in [2.24, 2.45) is 0 Å². The fourth-order valence-electron chi connectivity index (χ4n) is 1.78. The van der Waals surface area contributed by atoms with Crippen LogP contribution >= 0.6 is 0 Å². The van der Waals surface area contributed by atoms with E-state index >= 15 is 0 Å². The topological polar surface area (TPSA) is 35.5 Å². The zero-order chi connectivity index (χ0) is 13.7. The Hall–Kier alpha value is -1.65. The van der Waals surface area contributed by atoms with Gasteiger partial charge in [0.15, 0.2) is 0 Å². The predicted molar refractivity (Wildman–Crippen MR) is 63.6 cm³/mol. The van der Waals surface area contributed by atoms with E-state index in [0.29, 0.717) is 11.3 Å². The van der Waals surface area contributed by atoms with Crippen LogP contribution in [-0.4, -0.2) is 20.5 Å². The molecule has 0 amide bonds. The van der Waals surface area contributed by atoms with Gasteiger partial charge in [0.1, 0.15) is 17.8 Å². The second kappa shape index (κ2) is 6.33. The number of rotatable bonds is 6. The van der Waals surface area contributed by atoms with Gasteiger partial charge < -0.3 is 14.3 Å². The van der Waals surface area contributed by atoms with Crippen LogP contribution in [0.15, 0.2) is 12.1 Å². The molecule has 0 fully saturated rings. The van der Waals surface area contributed by atoms with E-state index in [4.69, 9.17) is 9.47 Å². The molecule has 0 N–H and O–H groups in total. The van der Waals surface area contributed by atoms with Crippen molar-refractivity contribution in [3.8, 4) is 11.5 Å². The molecule has 100 valence electrons. The van der Waals surface area contributed by atoms with Crippen LogP contribution < -0.4 is 9.47 Å². The van der Waals surface area contributed by atoms with Gasteiger partial charge in [-0.3, -0.25) is 0 Å². The van der Waals surface area contributed by atoms with Crippen LogP contribution in [0.2, 0.25) is 0 Å². The van der Waals surface area contributed by atoms with Crippen LogP contribution in [0.1, 0.15) is 36.8 Å². The molecular weight excluding hydrogens is 242 g/mol. The summed E-state index contributed by atoms with van der Waals surface area (Å²) < 4.78 is 35.8. The zero-order valence-electron chi connectivity index (χ0n) is 10.6. The first-order chi connectivity index (χ1) is 8.54. The summed E-state index contributed by atoms with van der Waals surface area (Å²) in [4.78, 5) is 10.5. The molecule has 5 heteroatoms. The van der Waals surface area contributed by atoms with Gasteiger partial charge in [-0.2, -0.15) is 0 Å². The Morgan fingerprint density at radius 2 is 1.72 bits per heavy atom. The molecule has 18 heavy (non-hydrogen) atoms. The van der Waals surface area contributed by atoms with Gasteiger partial charge in [0.05, 0.1) is 19.8 Å². The van der Waals surface area contributed by atoms with E-state index in [-0.39, 0.29) is 23.7 Å². The molecule has 1 aromatic carbocycles. The molecule has 0 spiro atoms. The molecule has 1 unspecified atom stereocenters. The SMILES string of the molecule is COc1cc(OC)c(C(C)CC=O)cc1C(F)F. The van der Waals surface area contributed by atoms with Crippen molar-refractivity contribution in [1.82, 2.24) is 0 Å². The first-order valence-electron chi connectivity index (χ1n) is 5.52. The summed E-state index contributed by atoms with van der Waals surface area (Å²) in [5.41, 5.74) is 0.395. The lowest BCUT2D eigenvalue weighted by Crippen LogP contribution is -2.02. The molecular formula is C13H16F2O3. The molecule has 1 rings (SSSR count).